The van der Waals surface area contributed by atoms with Crippen molar-refractivity contribution in [1.29, 1.82) is 0 Å². The maximum absolute atomic E-state index is 13.4. The Hall–Kier alpha value is -1.10. The van der Waals surface area contributed by atoms with Crippen molar-refractivity contribution in [2.75, 3.05) is 18.4 Å². The summed E-state index contributed by atoms with van der Waals surface area (Å²) in [5, 5.41) is 3.23. The molecule has 1 heterocycles. The fraction of sp³-hybridized carbons (Fsp3) is 0.458. The number of aryl methyl sites for hydroxylation is 2. The van der Waals surface area contributed by atoms with Gasteiger partial charge in [0.2, 0.25) is 0 Å². The van der Waals surface area contributed by atoms with Crippen molar-refractivity contribution in [3.8, 4) is 0 Å². The average molecular weight is 472 g/mol. The van der Waals surface area contributed by atoms with E-state index in [0.29, 0.717) is 0 Å². The van der Waals surface area contributed by atoms with E-state index in [1.54, 1.807) is 0 Å². The van der Waals surface area contributed by atoms with Gasteiger partial charge in [-0.05, 0) is 56.4 Å². The molecule has 2 aromatic carbocycles. The van der Waals surface area contributed by atoms with E-state index in [1.165, 1.54) is 18.6 Å². The number of halogens is 1. The van der Waals surface area contributed by atoms with Crippen LogP contribution in [-0.4, -0.2) is 29.5 Å². The molecule has 153 valence electrons. The van der Waals surface area contributed by atoms with Gasteiger partial charge in [0.1, 0.15) is 12.4 Å². The monoisotopic (exact) mass is 472 g/mol. The first-order chi connectivity index (χ1) is 13.4. The molecule has 1 saturated heterocycles. The Morgan fingerprint density at radius 1 is 1.03 bits per heavy atom. The molecule has 3 nitrogen and oxygen atoms in total. The van der Waals surface area contributed by atoms with Crippen LogP contribution in [0.15, 0.2) is 42.5 Å². The molecular weight excluding hydrogens is 440 g/mol. The van der Waals surface area contributed by atoms with Crippen LogP contribution in [0.5, 0.6) is 0 Å². The summed E-state index contributed by atoms with van der Waals surface area (Å²) < 4.78 is 14.1. The first-order valence-electron chi connectivity index (χ1n) is 10.4. The molecule has 5 heteroatoms. The van der Waals surface area contributed by atoms with E-state index >= 15 is 0 Å². The van der Waals surface area contributed by atoms with Crippen LogP contribution in [0.3, 0.4) is 0 Å². The number of benzene rings is 2. The van der Waals surface area contributed by atoms with Crippen LogP contribution in [0.25, 0.3) is 0 Å². The van der Waals surface area contributed by atoms with Gasteiger partial charge in [0.05, 0.1) is 13.1 Å². The first kappa shape index (κ1) is 24.2. The summed E-state index contributed by atoms with van der Waals surface area (Å²) in [6.45, 7) is 8.94. The molecule has 2 aromatic rings. The zero-order valence-corrected chi connectivity index (χ0v) is 20.7. The van der Waals surface area contributed by atoms with Gasteiger partial charge in [0.25, 0.3) is 5.91 Å². The molecule has 1 unspecified atom stereocenters. The van der Waals surface area contributed by atoms with Gasteiger partial charge in [-0.15, -0.1) is 0 Å². The van der Waals surface area contributed by atoms with Gasteiger partial charge in [-0.1, -0.05) is 37.3 Å². The molecule has 1 atom stereocenters. The van der Waals surface area contributed by atoms with Gasteiger partial charge in [0.15, 0.2) is 6.04 Å². The third-order valence-corrected chi connectivity index (χ3v) is 6.20. The quantitative estimate of drug-likeness (QED) is 0.564. The molecule has 29 heavy (non-hydrogen) atoms. The average Bonchev–Trinajstić information content (AvgIpc) is 2.68. The minimum absolute atomic E-state index is 0. The van der Waals surface area contributed by atoms with Crippen molar-refractivity contribution >= 4 is 11.6 Å². The Morgan fingerprint density at radius 3 is 2.17 bits per heavy atom. The SMILES string of the molecule is CCC(C(=O)Nc1c(C)cccc1C)[N+]1(Cc2ccc(F)cc2)CCCCC1.[Y]. The number of carbonyl (C=O) groups is 1. The zero-order valence-electron chi connectivity index (χ0n) is 17.9. The number of nitrogens with zero attached hydrogens (tertiary/aromatic N) is 1. The summed E-state index contributed by atoms with van der Waals surface area (Å²) in [7, 11) is 0. The minimum Gasteiger partial charge on any atom is -0.320 e. The normalized spacial score (nSPS) is 16.6. The van der Waals surface area contributed by atoms with Crippen LogP contribution in [0.4, 0.5) is 10.1 Å². The number of carbonyl (C=O) groups excluding carboxylic acids is 1. The fourth-order valence-electron chi connectivity index (χ4n) is 4.71. The van der Waals surface area contributed by atoms with Crippen LogP contribution in [0.2, 0.25) is 0 Å². The fourth-order valence-corrected chi connectivity index (χ4v) is 4.71. The summed E-state index contributed by atoms with van der Waals surface area (Å²) in [4.78, 5) is 13.4. The maximum Gasteiger partial charge on any atom is 0.282 e. The Bertz CT molecular complexity index is 796. The van der Waals surface area contributed by atoms with E-state index in [4.69, 9.17) is 0 Å². The van der Waals surface area contributed by atoms with Crippen molar-refractivity contribution in [2.45, 2.75) is 59.0 Å². The third kappa shape index (κ3) is 5.74. The predicted octanol–water partition coefficient (Wildman–Crippen LogP) is 5.36. The van der Waals surface area contributed by atoms with E-state index in [0.717, 1.165) is 65.8 Å². The van der Waals surface area contributed by atoms with Crippen LogP contribution in [-0.2, 0) is 44.0 Å². The number of piperidine rings is 1. The van der Waals surface area contributed by atoms with Crippen molar-refractivity contribution in [3.63, 3.8) is 0 Å². The third-order valence-electron chi connectivity index (χ3n) is 6.20. The van der Waals surface area contributed by atoms with Crippen molar-refractivity contribution in [1.82, 2.24) is 0 Å². The molecule has 1 radical (unpaired) electrons. The van der Waals surface area contributed by atoms with E-state index in [-0.39, 0.29) is 50.5 Å². The second-order valence-electron chi connectivity index (χ2n) is 8.19. The molecule has 1 amide bonds. The topological polar surface area (TPSA) is 29.1 Å². The Labute approximate surface area is 199 Å². The number of likely N-dealkylation sites (tertiary alicyclic amines) is 1. The second kappa shape index (κ2) is 10.8. The Balaban J connectivity index is 0.00000300. The second-order valence-corrected chi connectivity index (χ2v) is 8.19. The van der Waals surface area contributed by atoms with Gasteiger partial charge >= 0.3 is 0 Å². The van der Waals surface area contributed by atoms with E-state index in [9.17, 15) is 9.18 Å². The van der Waals surface area contributed by atoms with Gasteiger partial charge in [-0.2, -0.15) is 0 Å². The molecule has 1 aliphatic heterocycles. The number of anilines is 1. The van der Waals surface area contributed by atoms with Gasteiger partial charge in [-0.3, -0.25) is 4.79 Å². The summed E-state index contributed by atoms with van der Waals surface area (Å²) in [6.07, 6.45) is 4.28. The smallest absolute Gasteiger partial charge is 0.282 e. The van der Waals surface area contributed by atoms with Crippen LogP contribution in [0.1, 0.15) is 49.3 Å². The standard InChI is InChI=1S/C24H31FN2O.Y/c1-4-22(24(28)26-23-18(2)9-8-10-19(23)3)27(15-6-5-7-16-27)17-20-11-13-21(25)14-12-20;/h8-14,22H,4-7,15-17H2,1-3H3;/p+1. The van der Waals surface area contributed by atoms with Crippen molar-refractivity contribution < 1.29 is 46.4 Å². The van der Waals surface area contributed by atoms with Gasteiger partial charge in [-0.25, -0.2) is 4.39 Å². The van der Waals surface area contributed by atoms with E-state index < -0.39 is 0 Å². The summed E-state index contributed by atoms with van der Waals surface area (Å²) in [5.41, 5.74) is 4.21. The molecule has 3 rings (SSSR count). The number of para-hydroxylation sites is 1. The number of rotatable bonds is 6. The minimum atomic E-state index is -0.214. The number of hydrogen-bond acceptors (Lipinski definition) is 1. The maximum atomic E-state index is 13.4. The van der Waals surface area contributed by atoms with Crippen LogP contribution >= 0.6 is 0 Å². The molecule has 0 aromatic heterocycles. The number of quaternary nitrogens is 1. The van der Waals surface area contributed by atoms with Gasteiger partial charge in [0, 0.05) is 50.4 Å². The molecule has 1 N–H and O–H groups in total. The zero-order chi connectivity index (χ0) is 20.1. The number of hydrogen-bond donors (Lipinski definition) is 1. The number of amides is 1. The van der Waals surface area contributed by atoms with E-state index in [2.05, 4.69) is 12.2 Å². The van der Waals surface area contributed by atoms with Gasteiger partial charge < -0.3 is 9.80 Å². The molecule has 0 saturated carbocycles. The molecule has 1 fully saturated rings. The summed E-state index contributed by atoms with van der Waals surface area (Å²) in [6, 6.07) is 12.7. The molecular formula is C24H32FN2OY+. The molecule has 0 bridgehead atoms. The largest absolute Gasteiger partial charge is 0.320 e. The molecule has 0 spiro atoms. The Kier molecular flexibility index (Phi) is 8.99. The summed E-state index contributed by atoms with van der Waals surface area (Å²) >= 11 is 0. The van der Waals surface area contributed by atoms with Crippen molar-refractivity contribution in [2.24, 2.45) is 0 Å². The molecule has 1 aliphatic rings. The van der Waals surface area contributed by atoms with Crippen LogP contribution in [0, 0.1) is 19.7 Å². The van der Waals surface area contributed by atoms with Crippen molar-refractivity contribution in [3.05, 3.63) is 65.0 Å². The number of nitrogens with one attached hydrogen (secondary N) is 1. The predicted molar refractivity (Wildman–Crippen MR) is 113 cm³/mol. The Morgan fingerprint density at radius 2 is 1.62 bits per heavy atom. The summed E-state index contributed by atoms with van der Waals surface area (Å²) in [5.74, 6) is -0.113. The van der Waals surface area contributed by atoms with Crippen LogP contribution < -0.4 is 5.32 Å². The molecule has 0 aliphatic carbocycles. The van der Waals surface area contributed by atoms with E-state index in [1.807, 2.05) is 44.2 Å². The first-order valence-corrected chi connectivity index (χ1v) is 10.4.